The summed E-state index contributed by atoms with van der Waals surface area (Å²) in [5.74, 6) is -3.34. The van der Waals surface area contributed by atoms with Crippen molar-refractivity contribution >= 4 is 11.6 Å². The number of aliphatic hydroxyl groups is 4. The molecule has 4 N–H and O–H groups in total. The van der Waals surface area contributed by atoms with Gasteiger partial charge in [0.05, 0.1) is 43.4 Å². The molecular formula is C19H32O7. The Morgan fingerprint density at radius 3 is 2.23 bits per heavy atom. The Labute approximate surface area is 154 Å². The Morgan fingerprint density at radius 1 is 1.19 bits per heavy atom. The standard InChI is InChI=1S/C19H32O7/c1-5-7-11(3)18-19(4,26-18)17(25)14(10-21)16(24)13(9-20)15(23)8-12(22)6-2/h5,7,11,13-15,17-18,20-21,23,25H,6,8-10H2,1-4H3/b7-5-/t11-,13-,14+,15-,17?,18?,19-/m0/s1. The van der Waals surface area contributed by atoms with E-state index in [1.165, 1.54) is 0 Å². The maximum atomic E-state index is 12.7. The molecule has 1 rings (SSSR count). The van der Waals surface area contributed by atoms with Crippen molar-refractivity contribution in [3.8, 4) is 0 Å². The van der Waals surface area contributed by atoms with Gasteiger partial charge in [-0.1, -0.05) is 26.0 Å². The molecule has 0 saturated carbocycles. The van der Waals surface area contributed by atoms with Gasteiger partial charge in [-0.05, 0) is 13.8 Å². The van der Waals surface area contributed by atoms with E-state index in [9.17, 15) is 30.0 Å². The van der Waals surface area contributed by atoms with E-state index in [2.05, 4.69) is 0 Å². The van der Waals surface area contributed by atoms with Gasteiger partial charge in [-0.15, -0.1) is 0 Å². The first kappa shape index (κ1) is 22.9. The minimum absolute atomic E-state index is 0.0236. The van der Waals surface area contributed by atoms with Gasteiger partial charge in [0, 0.05) is 18.8 Å². The summed E-state index contributed by atoms with van der Waals surface area (Å²) in [6, 6.07) is 0. The van der Waals surface area contributed by atoms with Crippen molar-refractivity contribution in [2.75, 3.05) is 13.2 Å². The molecule has 0 aliphatic carbocycles. The van der Waals surface area contributed by atoms with Crippen molar-refractivity contribution in [3.63, 3.8) is 0 Å². The van der Waals surface area contributed by atoms with Crippen molar-refractivity contribution in [3.05, 3.63) is 12.2 Å². The summed E-state index contributed by atoms with van der Waals surface area (Å²) in [5, 5.41) is 40.0. The second kappa shape index (κ2) is 9.71. The highest BCUT2D eigenvalue weighted by atomic mass is 16.6. The fourth-order valence-electron chi connectivity index (χ4n) is 3.45. The highest BCUT2D eigenvalue weighted by Gasteiger charge is 2.61. The number of carbonyl (C=O) groups excluding carboxylic acids is 2. The maximum absolute atomic E-state index is 12.7. The molecule has 1 aliphatic rings. The number of epoxide rings is 1. The van der Waals surface area contributed by atoms with Crippen molar-refractivity contribution in [2.24, 2.45) is 17.8 Å². The molecule has 26 heavy (non-hydrogen) atoms. The van der Waals surface area contributed by atoms with Crippen molar-refractivity contribution in [1.82, 2.24) is 0 Å². The Kier molecular flexibility index (Phi) is 8.56. The minimum Gasteiger partial charge on any atom is -0.396 e. The molecule has 0 aromatic carbocycles. The molecule has 2 unspecified atom stereocenters. The average Bonchev–Trinajstić information content (AvgIpc) is 3.29. The van der Waals surface area contributed by atoms with E-state index < -0.39 is 48.6 Å². The van der Waals surface area contributed by atoms with Crippen molar-refractivity contribution in [1.29, 1.82) is 0 Å². The van der Waals surface area contributed by atoms with Crippen LogP contribution in [0.4, 0.5) is 0 Å². The molecule has 0 radical (unpaired) electrons. The number of hydrogen-bond acceptors (Lipinski definition) is 7. The lowest BCUT2D eigenvalue weighted by Crippen LogP contribution is -2.47. The summed E-state index contributed by atoms with van der Waals surface area (Å²) in [6.07, 6.45) is 0.816. The minimum atomic E-state index is -1.35. The largest absolute Gasteiger partial charge is 0.396 e. The molecule has 0 spiro atoms. The third-order valence-electron chi connectivity index (χ3n) is 5.25. The van der Waals surface area contributed by atoms with Gasteiger partial charge in [0.2, 0.25) is 0 Å². The van der Waals surface area contributed by atoms with Gasteiger partial charge in [-0.2, -0.15) is 0 Å². The molecule has 1 aliphatic heterocycles. The molecule has 0 amide bonds. The molecule has 150 valence electrons. The van der Waals surface area contributed by atoms with Gasteiger partial charge < -0.3 is 25.2 Å². The molecule has 7 atom stereocenters. The van der Waals surface area contributed by atoms with Crippen LogP contribution in [0, 0.1) is 17.8 Å². The smallest absolute Gasteiger partial charge is 0.148 e. The van der Waals surface area contributed by atoms with E-state index in [1.54, 1.807) is 13.8 Å². The summed E-state index contributed by atoms with van der Waals surface area (Å²) in [6.45, 7) is 5.79. The van der Waals surface area contributed by atoms with Gasteiger partial charge >= 0.3 is 0 Å². The maximum Gasteiger partial charge on any atom is 0.148 e. The summed E-state index contributed by atoms with van der Waals surface area (Å²) in [5.41, 5.74) is -0.994. The van der Waals surface area contributed by atoms with Crippen molar-refractivity contribution < 1.29 is 34.8 Å². The first-order valence-electron chi connectivity index (χ1n) is 9.11. The highest BCUT2D eigenvalue weighted by molar-refractivity contribution is 5.86. The first-order valence-corrected chi connectivity index (χ1v) is 9.11. The number of Topliss-reactive ketones (excluding diaryl/α,β-unsaturated/α-hetero) is 2. The predicted octanol–water partition coefficient (Wildman–Crippen LogP) is 0.233. The molecular weight excluding hydrogens is 340 g/mol. The summed E-state index contributed by atoms with van der Waals surface area (Å²) < 4.78 is 5.63. The number of rotatable bonds is 12. The zero-order valence-corrected chi connectivity index (χ0v) is 16.0. The van der Waals surface area contributed by atoms with Gasteiger partial charge in [0.25, 0.3) is 0 Å². The van der Waals surface area contributed by atoms with E-state index in [0.29, 0.717) is 0 Å². The van der Waals surface area contributed by atoms with Crippen LogP contribution in [-0.2, 0) is 14.3 Å². The lowest BCUT2D eigenvalue weighted by atomic mass is 9.79. The number of allylic oxidation sites excluding steroid dienone is 1. The zero-order chi connectivity index (χ0) is 20.1. The normalized spacial score (nSPS) is 28.4. The van der Waals surface area contributed by atoms with Crippen LogP contribution in [-0.4, -0.2) is 69.1 Å². The Bertz CT molecular complexity index is 518. The number of carbonyl (C=O) groups is 2. The van der Waals surface area contributed by atoms with Crippen LogP contribution in [0.3, 0.4) is 0 Å². The first-order chi connectivity index (χ1) is 12.2. The number of aliphatic hydroxyl groups excluding tert-OH is 4. The zero-order valence-electron chi connectivity index (χ0n) is 16.0. The van der Waals surface area contributed by atoms with Crippen LogP contribution in [0.15, 0.2) is 12.2 Å². The fourth-order valence-corrected chi connectivity index (χ4v) is 3.45. The monoisotopic (exact) mass is 372 g/mol. The van der Waals surface area contributed by atoms with E-state index in [-0.39, 0.29) is 30.6 Å². The summed E-state index contributed by atoms with van der Waals surface area (Å²) >= 11 is 0. The van der Waals surface area contributed by atoms with Crippen LogP contribution in [0.2, 0.25) is 0 Å². The lowest BCUT2D eigenvalue weighted by Gasteiger charge is -2.28. The molecule has 0 aromatic heterocycles. The van der Waals surface area contributed by atoms with E-state index in [0.717, 1.165) is 0 Å². The fraction of sp³-hybridized carbons (Fsp3) is 0.789. The van der Waals surface area contributed by atoms with Gasteiger partial charge in [-0.25, -0.2) is 0 Å². The average molecular weight is 372 g/mol. The number of hydrogen-bond donors (Lipinski definition) is 4. The predicted molar refractivity (Wildman–Crippen MR) is 95.3 cm³/mol. The topological polar surface area (TPSA) is 128 Å². The molecule has 7 heteroatoms. The SMILES string of the molecule is C/C=C\[C@H](C)C1O[C@@]1(C)C(O)[C@H](CO)C(=O)[C@@H](CO)[C@@H](O)CC(=O)CC. The third-order valence-corrected chi connectivity index (χ3v) is 5.25. The molecule has 7 nitrogen and oxygen atoms in total. The van der Waals surface area contributed by atoms with E-state index in [1.807, 2.05) is 26.0 Å². The molecule has 0 aromatic rings. The lowest BCUT2D eigenvalue weighted by molar-refractivity contribution is -0.140. The Balaban J connectivity index is 2.88. The van der Waals surface area contributed by atoms with E-state index in [4.69, 9.17) is 4.74 Å². The number of ketones is 2. The van der Waals surface area contributed by atoms with Gasteiger partial charge in [-0.3, -0.25) is 9.59 Å². The van der Waals surface area contributed by atoms with Crippen LogP contribution in [0.5, 0.6) is 0 Å². The summed E-state index contributed by atoms with van der Waals surface area (Å²) in [4.78, 5) is 24.2. The Hall–Kier alpha value is -1.12. The van der Waals surface area contributed by atoms with Gasteiger partial charge in [0.15, 0.2) is 0 Å². The number of ether oxygens (including phenoxy) is 1. The van der Waals surface area contributed by atoms with Crippen LogP contribution >= 0.6 is 0 Å². The van der Waals surface area contributed by atoms with Crippen LogP contribution in [0.25, 0.3) is 0 Å². The quantitative estimate of drug-likeness (QED) is 0.285. The molecule has 0 bridgehead atoms. The van der Waals surface area contributed by atoms with E-state index >= 15 is 0 Å². The Morgan fingerprint density at radius 2 is 1.77 bits per heavy atom. The van der Waals surface area contributed by atoms with Crippen molar-refractivity contribution in [2.45, 2.75) is 64.4 Å². The molecule has 1 fully saturated rings. The second-order valence-corrected chi connectivity index (χ2v) is 7.20. The molecule has 1 saturated heterocycles. The van der Waals surface area contributed by atoms with Gasteiger partial charge in [0.1, 0.15) is 17.2 Å². The second-order valence-electron chi connectivity index (χ2n) is 7.20. The van der Waals surface area contributed by atoms with Crippen LogP contribution < -0.4 is 0 Å². The third kappa shape index (κ3) is 4.98. The van der Waals surface area contributed by atoms with Crippen LogP contribution in [0.1, 0.15) is 40.5 Å². The molecule has 1 heterocycles. The summed E-state index contributed by atoms with van der Waals surface area (Å²) in [7, 11) is 0. The highest BCUT2D eigenvalue weighted by Crippen LogP contribution is 2.46.